The normalized spacial score (nSPS) is 25.3. The summed E-state index contributed by atoms with van der Waals surface area (Å²) in [7, 11) is 4.52. The molecule has 0 atom stereocenters. The molecule has 1 saturated heterocycles. The van der Waals surface area contributed by atoms with Gasteiger partial charge in [-0.05, 0) is 65.8 Å². The molecule has 0 aromatic heterocycles. The van der Waals surface area contributed by atoms with Gasteiger partial charge < -0.3 is 15.1 Å². The quantitative estimate of drug-likeness (QED) is 0.797. The Labute approximate surface area is 119 Å². The highest BCUT2D eigenvalue weighted by atomic mass is 15.2. The molecule has 1 N–H and O–H groups in total. The number of piperidine rings is 1. The summed E-state index contributed by atoms with van der Waals surface area (Å²) in [5, 5.41) is 3.88. The maximum absolute atomic E-state index is 3.88. The average molecular weight is 267 g/mol. The molecule has 0 amide bonds. The van der Waals surface area contributed by atoms with Crippen molar-refractivity contribution in [3.05, 3.63) is 0 Å². The van der Waals surface area contributed by atoms with Crippen LogP contribution in [-0.2, 0) is 0 Å². The fourth-order valence-electron chi connectivity index (χ4n) is 3.83. The first-order valence-electron chi connectivity index (χ1n) is 8.29. The van der Waals surface area contributed by atoms with Crippen LogP contribution in [0.5, 0.6) is 0 Å². The molecule has 1 aliphatic heterocycles. The molecule has 2 fully saturated rings. The summed E-state index contributed by atoms with van der Waals surface area (Å²) in [6, 6.07) is 0.755. The van der Waals surface area contributed by atoms with Gasteiger partial charge in [0.15, 0.2) is 0 Å². The lowest BCUT2D eigenvalue weighted by atomic mass is 9.94. The molecule has 2 aliphatic rings. The summed E-state index contributed by atoms with van der Waals surface area (Å²) in [6.45, 7) is 7.35. The molecule has 0 bridgehead atoms. The van der Waals surface area contributed by atoms with Crippen LogP contribution in [0.2, 0.25) is 0 Å². The predicted octanol–water partition coefficient (Wildman–Crippen LogP) is 2.32. The number of nitrogens with one attached hydrogen (secondary N) is 1. The van der Waals surface area contributed by atoms with Gasteiger partial charge in [-0.3, -0.25) is 0 Å². The summed E-state index contributed by atoms with van der Waals surface area (Å²) < 4.78 is 0. The number of likely N-dealkylation sites (tertiary alicyclic amines) is 1. The third kappa shape index (κ3) is 3.93. The topological polar surface area (TPSA) is 18.5 Å². The third-order valence-corrected chi connectivity index (χ3v) is 5.33. The van der Waals surface area contributed by atoms with Gasteiger partial charge in [-0.15, -0.1) is 0 Å². The number of nitrogens with zero attached hydrogens (tertiary/aromatic N) is 2. The Kier molecular flexibility index (Phi) is 5.67. The minimum atomic E-state index is 0.445. The van der Waals surface area contributed by atoms with Crippen molar-refractivity contribution in [2.75, 3.05) is 40.3 Å². The molecule has 1 aliphatic carbocycles. The van der Waals surface area contributed by atoms with Gasteiger partial charge in [0, 0.05) is 18.1 Å². The Balaban J connectivity index is 1.73. The zero-order valence-electron chi connectivity index (χ0n) is 13.2. The predicted molar refractivity (Wildman–Crippen MR) is 82.6 cm³/mol. The van der Waals surface area contributed by atoms with E-state index in [9.17, 15) is 0 Å². The van der Waals surface area contributed by atoms with Crippen LogP contribution >= 0.6 is 0 Å². The summed E-state index contributed by atoms with van der Waals surface area (Å²) in [6.07, 6.45) is 9.54. The molecule has 2 rings (SSSR count). The van der Waals surface area contributed by atoms with E-state index in [2.05, 4.69) is 36.1 Å². The first-order valence-corrected chi connectivity index (χ1v) is 8.29. The Morgan fingerprint density at radius 3 is 2.32 bits per heavy atom. The van der Waals surface area contributed by atoms with E-state index >= 15 is 0 Å². The molecule has 1 heterocycles. The molecule has 0 radical (unpaired) electrons. The van der Waals surface area contributed by atoms with E-state index in [1.807, 2.05) is 0 Å². The molecule has 3 nitrogen and oxygen atoms in total. The second-order valence-corrected chi connectivity index (χ2v) is 6.82. The van der Waals surface area contributed by atoms with Crippen molar-refractivity contribution in [3.8, 4) is 0 Å². The molecular formula is C16H33N3. The van der Waals surface area contributed by atoms with Crippen LogP contribution in [0.4, 0.5) is 0 Å². The van der Waals surface area contributed by atoms with Crippen LogP contribution in [0.15, 0.2) is 0 Å². The van der Waals surface area contributed by atoms with Crippen LogP contribution in [-0.4, -0.2) is 61.7 Å². The lowest BCUT2D eigenvalue weighted by Gasteiger charge is -2.39. The Bertz CT molecular complexity index is 251. The summed E-state index contributed by atoms with van der Waals surface area (Å²) in [5.74, 6) is 0. The van der Waals surface area contributed by atoms with Crippen molar-refractivity contribution in [3.63, 3.8) is 0 Å². The Hall–Kier alpha value is -0.120. The van der Waals surface area contributed by atoms with Crippen LogP contribution in [0.1, 0.15) is 51.9 Å². The molecule has 19 heavy (non-hydrogen) atoms. The molecule has 0 aromatic rings. The third-order valence-electron chi connectivity index (χ3n) is 5.33. The van der Waals surface area contributed by atoms with Gasteiger partial charge in [-0.25, -0.2) is 0 Å². The first kappa shape index (κ1) is 15.3. The maximum Gasteiger partial charge on any atom is 0.0327 e. The Morgan fingerprint density at radius 1 is 1.16 bits per heavy atom. The first-order chi connectivity index (χ1) is 9.16. The van der Waals surface area contributed by atoms with E-state index in [0.29, 0.717) is 5.54 Å². The average Bonchev–Trinajstić information content (AvgIpc) is 2.88. The van der Waals surface area contributed by atoms with Crippen LogP contribution < -0.4 is 5.32 Å². The van der Waals surface area contributed by atoms with Crippen molar-refractivity contribution in [2.45, 2.75) is 63.5 Å². The largest absolute Gasteiger partial charge is 0.312 e. The summed E-state index contributed by atoms with van der Waals surface area (Å²) in [5.41, 5.74) is 0.445. The summed E-state index contributed by atoms with van der Waals surface area (Å²) in [4.78, 5) is 5.09. The fourth-order valence-corrected chi connectivity index (χ4v) is 3.83. The SMILES string of the molecule is CCCN1CCC(NCC2(N(C)C)CCCC2)CC1. The van der Waals surface area contributed by atoms with Crippen molar-refractivity contribution in [1.29, 1.82) is 0 Å². The molecule has 1 saturated carbocycles. The zero-order chi connectivity index (χ0) is 13.7. The van der Waals surface area contributed by atoms with E-state index in [1.165, 1.54) is 71.1 Å². The lowest BCUT2D eigenvalue weighted by molar-refractivity contribution is 0.135. The minimum absolute atomic E-state index is 0.445. The molecule has 0 unspecified atom stereocenters. The number of rotatable bonds is 6. The van der Waals surface area contributed by atoms with Crippen LogP contribution in [0, 0.1) is 0 Å². The second kappa shape index (κ2) is 7.05. The molecule has 0 aromatic carbocycles. The Morgan fingerprint density at radius 2 is 1.79 bits per heavy atom. The molecule has 3 heteroatoms. The summed E-state index contributed by atoms with van der Waals surface area (Å²) >= 11 is 0. The smallest absolute Gasteiger partial charge is 0.0327 e. The van der Waals surface area contributed by atoms with Crippen molar-refractivity contribution >= 4 is 0 Å². The maximum atomic E-state index is 3.88. The van der Waals surface area contributed by atoms with Gasteiger partial charge in [-0.1, -0.05) is 19.8 Å². The second-order valence-electron chi connectivity index (χ2n) is 6.82. The number of hydrogen-bond acceptors (Lipinski definition) is 3. The van der Waals surface area contributed by atoms with Gasteiger partial charge in [0.25, 0.3) is 0 Å². The zero-order valence-corrected chi connectivity index (χ0v) is 13.2. The van der Waals surface area contributed by atoms with Crippen molar-refractivity contribution in [2.24, 2.45) is 0 Å². The monoisotopic (exact) mass is 267 g/mol. The molecular weight excluding hydrogens is 234 g/mol. The van der Waals surface area contributed by atoms with Crippen LogP contribution in [0.25, 0.3) is 0 Å². The van der Waals surface area contributed by atoms with Crippen molar-refractivity contribution < 1.29 is 0 Å². The lowest BCUT2D eigenvalue weighted by Crippen LogP contribution is -2.53. The number of likely N-dealkylation sites (N-methyl/N-ethyl adjacent to an activating group) is 1. The van der Waals surface area contributed by atoms with Gasteiger partial charge >= 0.3 is 0 Å². The van der Waals surface area contributed by atoms with E-state index in [1.54, 1.807) is 0 Å². The van der Waals surface area contributed by atoms with E-state index < -0.39 is 0 Å². The highest BCUT2D eigenvalue weighted by molar-refractivity contribution is 4.95. The highest BCUT2D eigenvalue weighted by Crippen LogP contribution is 2.33. The molecule has 112 valence electrons. The van der Waals surface area contributed by atoms with Gasteiger partial charge in [-0.2, -0.15) is 0 Å². The minimum Gasteiger partial charge on any atom is -0.312 e. The van der Waals surface area contributed by atoms with E-state index in [0.717, 1.165) is 6.04 Å². The van der Waals surface area contributed by atoms with E-state index in [-0.39, 0.29) is 0 Å². The highest BCUT2D eigenvalue weighted by Gasteiger charge is 2.36. The van der Waals surface area contributed by atoms with Crippen LogP contribution in [0.3, 0.4) is 0 Å². The number of hydrogen-bond donors (Lipinski definition) is 1. The fraction of sp³-hybridized carbons (Fsp3) is 1.00. The van der Waals surface area contributed by atoms with Crippen molar-refractivity contribution in [1.82, 2.24) is 15.1 Å². The molecule has 0 spiro atoms. The van der Waals surface area contributed by atoms with Gasteiger partial charge in [0.2, 0.25) is 0 Å². The van der Waals surface area contributed by atoms with Gasteiger partial charge in [0.05, 0.1) is 0 Å². The standard InChI is InChI=1S/C16H33N3/c1-4-11-19-12-7-15(8-13-19)17-14-16(18(2)3)9-5-6-10-16/h15,17H,4-14H2,1-3H3. The van der Waals surface area contributed by atoms with Gasteiger partial charge in [0.1, 0.15) is 0 Å². The van der Waals surface area contributed by atoms with E-state index in [4.69, 9.17) is 0 Å².